The molecular weight excluding hydrogens is 164 g/mol. The molecule has 1 fully saturated rings. The smallest absolute Gasteiger partial charge is 0.0619 e. The van der Waals surface area contributed by atoms with Crippen LogP contribution in [0.1, 0.15) is 26.7 Å². The summed E-state index contributed by atoms with van der Waals surface area (Å²) in [6, 6.07) is 0.938. The molecular formula is C10H22N2O. The van der Waals surface area contributed by atoms with E-state index in [2.05, 4.69) is 18.7 Å². The van der Waals surface area contributed by atoms with Crippen molar-refractivity contribution in [3.05, 3.63) is 0 Å². The Kier molecular flexibility index (Phi) is 4.70. The molecule has 0 bridgehead atoms. The van der Waals surface area contributed by atoms with Crippen molar-refractivity contribution in [2.45, 2.75) is 38.8 Å². The molecule has 2 N–H and O–H groups in total. The maximum absolute atomic E-state index is 5.88. The zero-order chi connectivity index (χ0) is 9.68. The molecule has 78 valence electrons. The second kappa shape index (κ2) is 5.58. The lowest BCUT2D eigenvalue weighted by molar-refractivity contribution is -0.00140. The second-order valence-corrected chi connectivity index (χ2v) is 3.92. The Morgan fingerprint density at radius 2 is 2.38 bits per heavy atom. The predicted molar refractivity (Wildman–Crippen MR) is 54.7 cm³/mol. The summed E-state index contributed by atoms with van der Waals surface area (Å²) in [5.74, 6) is 0. The second-order valence-electron chi connectivity index (χ2n) is 3.92. The molecule has 0 amide bonds. The van der Waals surface area contributed by atoms with Crippen LogP contribution in [0.3, 0.4) is 0 Å². The molecule has 0 aromatic carbocycles. The van der Waals surface area contributed by atoms with Crippen molar-refractivity contribution in [1.82, 2.24) is 4.90 Å². The summed E-state index contributed by atoms with van der Waals surface area (Å²) in [4.78, 5) is 2.47. The van der Waals surface area contributed by atoms with Crippen molar-refractivity contribution in [2.24, 2.45) is 5.73 Å². The Morgan fingerprint density at radius 3 is 3.00 bits per heavy atom. The molecule has 0 radical (unpaired) electrons. The predicted octanol–water partition coefficient (Wildman–Crippen LogP) is 0.834. The number of rotatable bonds is 4. The van der Waals surface area contributed by atoms with Crippen LogP contribution in [-0.4, -0.2) is 43.3 Å². The number of morpholine rings is 1. The Bertz CT molecular complexity index is 141. The fourth-order valence-electron chi connectivity index (χ4n) is 1.63. The van der Waals surface area contributed by atoms with E-state index in [-0.39, 0.29) is 0 Å². The topological polar surface area (TPSA) is 38.5 Å². The summed E-state index contributed by atoms with van der Waals surface area (Å²) in [5.41, 5.74) is 5.88. The van der Waals surface area contributed by atoms with Crippen LogP contribution < -0.4 is 5.73 Å². The van der Waals surface area contributed by atoms with Crippen molar-refractivity contribution in [1.29, 1.82) is 0 Å². The lowest BCUT2D eigenvalue weighted by atomic mass is 10.1. The zero-order valence-electron chi connectivity index (χ0n) is 8.83. The monoisotopic (exact) mass is 186 g/mol. The van der Waals surface area contributed by atoms with E-state index in [1.807, 2.05) is 0 Å². The van der Waals surface area contributed by atoms with Gasteiger partial charge in [0.25, 0.3) is 0 Å². The van der Waals surface area contributed by atoms with E-state index in [4.69, 9.17) is 10.5 Å². The molecule has 2 atom stereocenters. The summed E-state index contributed by atoms with van der Waals surface area (Å²) in [5, 5.41) is 0. The van der Waals surface area contributed by atoms with E-state index < -0.39 is 0 Å². The number of hydrogen-bond acceptors (Lipinski definition) is 3. The van der Waals surface area contributed by atoms with Gasteiger partial charge in [0.1, 0.15) is 0 Å². The minimum Gasteiger partial charge on any atom is -0.379 e. The third-order valence-electron chi connectivity index (χ3n) is 2.82. The van der Waals surface area contributed by atoms with Gasteiger partial charge in [0.15, 0.2) is 0 Å². The molecule has 0 aromatic rings. The number of nitrogens with two attached hydrogens (primary N) is 1. The normalized spacial score (nSPS) is 27.5. The zero-order valence-corrected chi connectivity index (χ0v) is 8.83. The van der Waals surface area contributed by atoms with Crippen molar-refractivity contribution >= 4 is 0 Å². The lowest BCUT2D eigenvalue weighted by Gasteiger charge is -2.33. The molecule has 0 saturated carbocycles. The van der Waals surface area contributed by atoms with Crippen LogP contribution in [0.25, 0.3) is 0 Å². The van der Waals surface area contributed by atoms with Crippen molar-refractivity contribution in [3.8, 4) is 0 Å². The molecule has 3 heteroatoms. The van der Waals surface area contributed by atoms with Crippen LogP contribution in [0.2, 0.25) is 0 Å². The first-order valence-corrected chi connectivity index (χ1v) is 5.31. The number of hydrogen-bond donors (Lipinski definition) is 1. The molecule has 3 nitrogen and oxygen atoms in total. The van der Waals surface area contributed by atoms with Gasteiger partial charge in [0, 0.05) is 25.2 Å². The molecule has 0 aromatic heterocycles. The van der Waals surface area contributed by atoms with Gasteiger partial charge in [-0.2, -0.15) is 0 Å². The summed E-state index contributed by atoms with van der Waals surface area (Å²) in [6.07, 6.45) is 2.19. The Balaban J connectivity index is 2.18. The van der Waals surface area contributed by atoms with E-state index in [0.717, 1.165) is 39.1 Å². The molecule has 0 aliphatic carbocycles. The van der Waals surface area contributed by atoms with Crippen molar-refractivity contribution in [3.63, 3.8) is 0 Å². The molecule has 13 heavy (non-hydrogen) atoms. The standard InChI is InChI=1S/C10H22N2O/c1-3-10(11)4-5-12-6-7-13-8-9(12)2/h9-10H,3-8,11H2,1-2H3. The Labute approximate surface area is 81.2 Å². The van der Waals surface area contributed by atoms with Gasteiger partial charge in [-0.05, 0) is 19.8 Å². The number of nitrogens with zero attached hydrogens (tertiary/aromatic N) is 1. The highest BCUT2D eigenvalue weighted by atomic mass is 16.5. The van der Waals surface area contributed by atoms with E-state index in [9.17, 15) is 0 Å². The van der Waals surface area contributed by atoms with Gasteiger partial charge in [-0.1, -0.05) is 6.92 Å². The first-order valence-electron chi connectivity index (χ1n) is 5.31. The fraction of sp³-hybridized carbons (Fsp3) is 1.00. The molecule has 1 saturated heterocycles. The lowest BCUT2D eigenvalue weighted by Crippen LogP contribution is -2.45. The summed E-state index contributed by atoms with van der Waals surface area (Å²) in [6.45, 7) is 8.31. The van der Waals surface area contributed by atoms with Crippen molar-refractivity contribution < 1.29 is 4.74 Å². The average molecular weight is 186 g/mol. The van der Waals surface area contributed by atoms with Crippen molar-refractivity contribution in [2.75, 3.05) is 26.3 Å². The molecule has 1 aliphatic rings. The van der Waals surface area contributed by atoms with Gasteiger partial charge < -0.3 is 10.5 Å². The van der Waals surface area contributed by atoms with Crippen LogP contribution in [0.15, 0.2) is 0 Å². The summed E-state index contributed by atoms with van der Waals surface area (Å²) >= 11 is 0. The van der Waals surface area contributed by atoms with Gasteiger partial charge in [-0.25, -0.2) is 0 Å². The molecule has 1 rings (SSSR count). The molecule has 1 heterocycles. The Morgan fingerprint density at radius 1 is 1.62 bits per heavy atom. The first kappa shape index (κ1) is 11.0. The first-order chi connectivity index (χ1) is 6.24. The largest absolute Gasteiger partial charge is 0.379 e. The third-order valence-corrected chi connectivity index (χ3v) is 2.82. The summed E-state index contributed by atoms with van der Waals surface area (Å²) < 4.78 is 5.37. The molecule has 1 aliphatic heterocycles. The van der Waals surface area contributed by atoms with Crippen LogP contribution >= 0.6 is 0 Å². The quantitative estimate of drug-likeness (QED) is 0.707. The van der Waals surface area contributed by atoms with E-state index in [1.54, 1.807) is 0 Å². The highest BCUT2D eigenvalue weighted by molar-refractivity contribution is 4.72. The van der Waals surface area contributed by atoms with E-state index in [0.29, 0.717) is 12.1 Å². The van der Waals surface area contributed by atoms with Gasteiger partial charge in [-0.3, -0.25) is 4.90 Å². The van der Waals surface area contributed by atoms with Gasteiger partial charge >= 0.3 is 0 Å². The molecule has 2 unspecified atom stereocenters. The van der Waals surface area contributed by atoms with Crippen LogP contribution in [0, 0.1) is 0 Å². The highest BCUT2D eigenvalue weighted by Gasteiger charge is 2.18. The van der Waals surface area contributed by atoms with Crippen LogP contribution in [0.5, 0.6) is 0 Å². The van der Waals surface area contributed by atoms with E-state index >= 15 is 0 Å². The highest BCUT2D eigenvalue weighted by Crippen LogP contribution is 2.07. The van der Waals surface area contributed by atoms with Gasteiger partial charge in [-0.15, -0.1) is 0 Å². The SMILES string of the molecule is CCC(N)CCN1CCOCC1C. The fourth-order valence-corrected chi connectivity index (χ4v) is 1.63. The van der Waals surface area contributed by atoms with Crippen LogP contribution in [-0.2, 0) is 4.74 Å². The minimum absolute atomic E-state index is 0.370. The minimum atomic E-state index is 0.370. The maximum Gasteiger partial charge on any atom is 0.0619 e. The van der Waals surface area contributed by atoms with Gasteiger partial charge in [0.05, 0.1) is 13.2 Å². The third kappa shape index (κ3) is 3.63. The van der Waals surface area contributed by atoms with Gasteiger partial charge in [0.2, 0.25) is 0 Å². The molecule has 0 spiro atoms. The maximum atomic E-state index is 5.88. The van der Waals surface area contributed by atoms with E-state index in [1.165, 1.54) is 0 Å². The van der Waals surface area contributed by atoms with Crippen LogP contribution in [0.4, 0.5) is 0 Å². The summed E-state index contributed by atoms with van der Waals surface area (Å²) in [7, 11) is 0. The average Bonchev–Trinajstić information content (AvgIpc) is 2.16. The number of ether oxygens (including phenoxy) is 1. The Hall–Kier alpha value is -0.120.